The molecule has 0 radical (unpaired) electrons. The summed E-state index contributed by atoms with van der Waals surface area (Å²) in [7, 11) is 0. The van der Waals surface area contributed by atoms with Crippen LogP contribution in [0.5, 0.6) is 0 Å². The zero-order chi connectivity index (χ0) is 63.1. The Bertz CT molecular complexity index is 1600. The maximum absolute atomic E-state index is 13.3. The van der Waals surface area contributed by atoms with E-state index < -0.39 is 86.8 Å². The highest BCUT2D eigenvalue weighted by Gasteiger charge is 2.51. The molecule has 14 nitrogen and oxygen atoms in total. The van der Waals surface area contributed by atoms with Gasteiger partial charge in [0.05, 0.1) is 32.0 Å². The molecule has 0 aliphatic carbocycles. The molecule has 2 saturated heterocycles. The minimum Gasteiger partial charge on any atom is -0.394 e. The van der Waals surface area contributed by atoms with Crippen LogP contribution in [-0.4, -0.2) is 140 Å². The van der Waals surface area contributed by atoms with E-state index >= 15 is 0 Å². The highest BCUT2D eigenvalue weighted by Crippen LogP contribution is 2.30. The number of allylic oxidation sites excluding steroid dienone is 5. The lowest BCUT2D eigenvalue weighted by Crippen LogP contribution is -2.65. The fraction of sp³-hybridized carbons (Fsp3) is 0.904. The highest BCUT2D eigenvalue weighted by molar-refractivity contribution is 5.76. The number of rotatable bonds is 61. The Morgan fingerprint density at radius 3 is 1.15 bits per heavy atom. The van der Waals surface area contributed by atoms with Crippen molar-refractivity contribution in [1.82, 2.24) is 5.32 Å². The molecular weight excluding hydrogens is 1100 g/mol. The van der Waals surface area contributed by atoms with E-state index in [9.17, 15) is 45.6 Å². The molecule has 9 N–H and O–H groups in total. The Kier molecular flexibility index (Phi) is 54.3. The molecule has 2 fully saturated rings. The van der Waals surface area contributed by atoms with Gasteiger partial charge in [-0.05, 0) is 51.4 Å². The average molecular weight is 1240 g/mol. The molecule has 1 amide bonds. The van der Waals surface area contributed by atoms with Crippen LogP contribution < -0.4 is 5.32 Å². The number of ether oxygens (including phenoxy) is 4. The van der Waals surface area contributed by atoms with Crippen molar-refractivity contribution in [3.8, 4) is 0 Å². The van der Waals surface area contributed by atoms with E-state index in [0.29, 0.717) is 6.42 Å². The molecule has 2 rings (SSSR count). The van der Waals surface area contributed by atoms with Gasteiger partial charge in [-0.1, -0.05) is 307 Å². The van der Waals surface area contributed by atoms with E-state index in [1.54, 1.807) is 6.08 Å². The fourth-order valence-corrected chi connectivity index (χ4v) is 12.2. The summed E-state index contributed by atoms with van der Waals surface area (Å²) in [5.74, 6) is -0.233. The monoisotopic (exact) mass is 1240 g/mol. The Morgan fingerprint density at radius 1 is 0.414 bits per heavy atom. The average Bonchev–Trinajstić information content (AvgIpc) is 1.55. The highest BCUT2D eigenvalue weighted by atomic mass is 16.7. The Hall–Kier alpha value is -1.79. The molecule has 14 heteroatoms. The van der Waals surface area contributed by atoms with Gasteiger partial charge in [0.25, 0.3) is 0 Å². The molecule has 2 aliphatic rings. The number of amides is 1. The quantitative estimate of drug-likeness (QED) is 0.0204. The minimum atomic E-state index is -1.79. The van der Waals surface area contributed by atoms with E-state index in [-0.39, 0.29) is 18.9 Å². The SMILES string of the molecule is CCCCCCC/C=C\C/C=C\CCCCCCCCCCCCCCCCCCCC(=O)NC(COC1OC(CO)C(OC2OC(CO)C(O)C(O)C2O)C(O)C1O)C(O)/C=C/CCCCCCCCCCCCCCCCCCCCCCCC. The Balaban J connectivity index is 1.66. The van der Waals surface area contributed by atoms with Crippen LogP contribution >= 0.6 is 0 Å². The first-order chi connectivity index (χ1) is 42.6. The molecule has 0 saturated carbocycles. The molecule has 512 valence electrons. The van der Waals surface area contributed by atoms with Gasteiger partial charge in [0.1, 0.15) is 48.8 Å². The first-order valence-corrected chi connectivity index (χ1v) is 36.7. The van der Waals surface area contributed by atoms with Crippen molar-refractivity contribution in [3.63, 3.8) is 0 Å². The standard InChI is InChI=1S/C73H137NO13/c1-3-5-7-9-11-13-15-17-19-21-23-25-27-29-30-31-32-33-35-37-39-41-43-45-47-49-51-53-55-57-65(78)74-61(60-84-72-70(83)68(81)71(64(59-76)86-72)87-73-69(82)67(80)66(79)63(58-75)85-73)62(77)56-54-52-50-48-46-44-42-40-38-36-34-28-26-24-22-20-18-16-14-12-10-8-6-4-2/h15,17,21,23,54,56,61-64,66-73,75-77,79-83H,3-14,16,18-20,22,24-53,55,57-60H2,1-2H3,(H,74,78)/b17-15-,23-21-,56-54+. The molecular formula is C73H137NO13. The number of carbonyl (C=O) groups is 1. The molecule has 2 aliphatic heterocycles. The van der Waals surface area contributed by atoms with Gasteiger partial charge in [-0.15, -0.1) is 0 Å². The largest absolute Gasteiger partial charge is 0.394 e. The summed E-state index contributed by atoms with van der Waals surface area (Å²) in [5.41, 5.74) is 0. The van der Waals surface area contributed by atoms with Crippen molar-refractivity contribution in [2.75, 3.05) is 19.8 Å². The zero-order valence-electron chi connectivity index (χ0n) is 55.8. The van der Waals surface area contributed by atoms with Crippen molar-refractivity contribution < 1.29 is 64.6 Å². The lowest BCUT2D eigenvalue weighted by molar-refractivity contribution is -0.359. The van der Waals surface area contributed by atoms with E-state index in [1.807, 2.05) is 6.08 Å². The molecule has 0 bridgehead atoms. The molecule has 0 spiro atoms. The lowest BCUT2D eigenvalue weighted by Gasteiger charge is -2.46. The lowest BCUT2D eigenvalue weighted by atomic mass is 9.97. The zero-order valence-corrected chi connectivity index (χ0v) is 55.8. The second kappa shape index (κ2) is 58.1. The van der Waals surface area contributed by atoms with Crippen LogP contribution in [0.1, 0.15) is 328 Å². The summed E-state index contributed by atoms with van der Waals surface area (Å²) in [6.07, 6.45) is 57.7. The van der Waals surface area contributed by atoms with Crippen molar-refractivity contribution in [2.24, 2.45) is 0 Å². The van der Waals surface area contributed by atoms with Crippen molar-refractivity contribution >= 4 is 5.91 Å². The summed E-state index contributed by atoms with van der Waals surface area (Å²) < 4.78 is 22.9. The van der Waals surface area contributed by atoms with Crippen LogP contribution in [0.2, 0.25) is 0 Å². The van der Waals surface area contributed by atoms with Crippen LogP contribution in [0.15, 0.2) is 36.5 Å². The molecule has 0 aromatic carbocycles. The third-order valence-corrected chi connectivity index (χ3v) is 18.1. The normalized spacial score (nSPS) is 23.4. The van der Waals surface area contributed by atoms with Gasteiger partial charge in [0, 0.05) is 6.42 Å². The third-order valence-electron chi connectivity index (χ3n) is 18.1. The second-order valence-corrected chi connectivity index (χ2v) is 26.1. The van der Waals surface area contributed by atoms with E-state index in [1.165, 1.54) is 257 Å². The van der Waals surface area contributed by atoms with Gasteiger partial charge < -0.3 is 65.1 Å². The summed E-state index contributed by atoms with van der Waals surface area (Å²) in [6, 6.07) is -0.915. The molecule has 12 atom stereocenters. The van der Waals surface area contributed by atoms with Gasteiger partial charge in [-0.2, -0.15) is 0 Å². The van der Waals surface area contributed by atoms with Crippen molar-refractivity contribution in [3.05, 3.63) is 36.5 Å². The fourth-order valence-electron chi connectivity index (χ4n) is 12.2. The molecule has 12 unspecified atom stereocenters. The summed E-state index contributed by atoms with van der Waals surface area (Å²) in [4.78, 5) is 13.3. The second-order valence-electron chi connectivity index (χ2n) is 26.1. The van der Waals surface area contributed by atoms with Gasteiger partial charge in [-0.3, -0.25) is 4.79 Å². The predicted molar refractivity (Wildman–Crippen MR) is 355 cm³/mol. The van der Waals surface area contributed by atoms with Crippen LogP contribution in [0.25, 0.3) is 0 Å². The maximum atomic E-state index is 13.3. The number of nitrogens with one attached hydrogen (secondary N) is 1. The topological polar surface area (TPSA) is 228 Å². The number of hydrogen-bond donors (Lipinski definition) is 9. The molecule has 87 heavy (non-hydrogen) atoms. The first-order valence-electron chi connectivity index (χ1n) is 36.7. The van der Waals surface area contributed by atoms with Gasteiger partial charge in [0.2, 0.25) is 5.91 Å². The van der Waals surface area contributed by atoms with E-state index in [2.05, 4.69) is 43.5 Å². The van der Waals surface area contributed by atoms with Crippen LogP contribution in [0, 0.1) is 0 Å². The Labute approximate surface area is 531 Å². The van der Waals surface area contributed by atoms with E-state index in [4.69, 9.17) is 18.9 Å². The summed E-state index contributed by atoms with van der Waals surface area (Å²) in [6.45, 7) is 2.84. The number of unbranched alkanes of at least 4 members (excludes halogenated alkanes) is 44. The van der Waals surface area contributed by atoms with Gasteiger partial charge in [0.15, 0.2) is 12.6 Å². The van der Waals surface area contributed by atoms with Crippen LogP contribution in [0.3, 0.4) is 0 Å². The number of carbonyl (C=O) groups excluding carboxylic acids is 1. The van der Waals surface area contributed by atoms with Gasteiger partial charge >= 0.3 is 0 Å². The third kappa shape index (κ3) is 42.1. The van der Waals surface area contributed by atoms with Crippen molar-refractivity contribution in [2.45, 2.75) is 402 Å². The number of aliphatic hydroxyl groups is 8. The smallest absolute Gasteiger partial charge is 0.220 e. The number of aliphatic hydroxyl groups excluding tert-OH is 8. The molecule has 0 aromatic rings. The molecule has 2 heterocycles. The van der Waals surface area contributed by atoms with E-state index in [0.717, 1.165) is 44.9 Å². The first kappa shape index (κ1) is 81.3. The van der Waals surface area contributed by atoms with Crippen LogP contribution in [0.4, 0.5) is 0 Å². The van der Waals surface area contributed by atoms with Crippen LogP contribution in [-0.2, 0) is 23.7 Å². The van der Waals surface area contributed by atoms with Crippen molar-refractivity contribution in [1.29, 1.82) is 0 Å². The Morgan fingerprint density at radius 2 is 0.759 bits per heavy atom. The minimum absolute atomic E-state index is 0.233. The predicted octanol–water partition coefficient (Wildman–Crippen LogP) is 15.3. The molecule has 0 aromatic heterocycles. The maximum Gasteiger partial charge on any atom is 0.220 e. The number of hydrogen-bond acceptors (Lipinski definition) is 13. The summed E-state index contributed by atoms with van der Waals surface area (Å²) >= 11 is 0. The summed E-state index contributed by atoms with van der Waals surface area (Å²) in [5, 5.41) is 87.5. The van der Waals surface area contributed by atoms with Gasteiger partial charge in [-0.25, -0.2) is 0 Å².